The number of aryl methyl sites for hydroxylation is 1. The van der Waals surface area contributed by atoms with Crippen LogP contribution in [0.1, 0.15) is 22.2 Å². The van der Waals surface area contributed by atoms with Gasteiger partial charge in [0.25, 0.3) is 0 Å². The highest BCUT2D eigenvalue weighted by molar-refractivity contribution is 7.10. The monoisotopic (exact) mass is 183 g/mol. The lowest BCUT2D eigenvalue weighted by molar-refractivity contribution is 0.0991. The van der Waals surface area contributed by atoms with Gasteiger partial charge in [0.15, 0.2) is 5.78 Å². The molecule has 66 valence electrons. The van der Waals surface area contributed by atoms with Crippen molar-refractivity contribution in [2.24, 2.45) is 0 Å². The van der Waals surface area contributed by atoms with Gasteiger partial charge in [-0.2, -0.15) is 0 Å². The zero-order chi connectivity index (χ0) is 8.97. The van der Waals surface area contributed by atoms with E-state index in [4.69, 9.17) is 0 Å². The van der Waals surface area contributed by atoms with Gasteiger partial charge in [-0.1, -0.05) is 6.92 Å². The van der Waals surface area contributed by atoms with E-state index in [2.05, 4.69) is 5.32 Å². The summed E-state index contributed by atoms with van der Waals surface area (Å²) >= 11 is 1.62. The van der Waals surface area contributed by atoms with E-state index in [1.54, 1.807) is 11.3 Å². The number of hydrogen-bond acceptors (Lipinski definition) is 3. The van der Waals surface area contributed by atoms with Crippen LogP contribution >= 0.6 is 11.3 Å². The molecule has 0 atom stereocenters. The average Bonchev–Trinajstić information content (AvgIpc) is 2.47. The molecule has 0 aliphatic heterocycles. The van der Waals surface area contributed by atoms with Crippen LogP contribution in [0.2, 0.25) is 0 Å². The zero-order valence-corrected chi connectivity index (χ0v) is 8.20. The Kier molecular flexibility index (Phi) is 3.44. The lowest BCUT2D eigenvalue weighted by Gasteiger charge is -1.99. The number of Topliss-reactive ketones (excluding diaryl/α,β-unsaturated/α-hetero) is 1. The normalized spacial score (nSPS) is 10.2. The van der Waals surface area contributed by atoms with Gasteiger partial charge in [-0.15, -0.1) is 11.3 Å². The molecule has 1 aromatic rings. The Morgan fingerprint density at radius 2 is 2.42 bits per heavy atom. The molecule has 0 saturated heterocycles. The second-order valence-corrected chi connectivity index (χ2v) is 3.71. The van der Waals surface area contributed by atoms with Crippen LogP contribution in [0.3, 0.4) is 0 Å². The summed E-state index contributed by atoms with van der Waals surface area (Å²) in [6.45, 7) is 5.26. The second-order valence-electron chi connectivity index (χ2n) is 2.59. The molecule has 0 fully saturated rings. The zero-order valence-electron chi connectivity index (χ0n) is 7.39. The van der Waals surface area contributed by atoms with E-state index < -0.39 is 0 Å². The first-order chi connectivity index (χ1) is 5.75. The van der Waals surface area contributed by atoms with E-state index in [-0.39, 0.29) is 5.78 Å². The predicted molar refractivity (Wildman–Crippen MR) is 51.9 cm³/mol. The predicted octanol–water partition coefficient (Wildman–Crippen LogP) is 1.85. The molecule has 3 heteroatoms. The third-order valence-electron chi connectivity index (χ3n) is 1.69. The molecule has 0 bridgehead atoms. The summed E-state index contributed by atoms with van der Waals surface area (Å²) in [5, 5.41) is 4.97. The first-order valence-electron chi connectivity index (χ1n) is 4.03. The molecule has 12 heavy (non-hydrogen) atoms. The molecule has 0 aliphatic rings. The van der Waals surface area contributed by atoms with Crippen molar-refractivity contribution in [3.05, 3.63) is 21.9 Å². The van der Waals surface area contributed by atoms with Gasteiger partial charge < -0.3 is 5.32 Å². The van der Waals surface area contributed by atoms with Gasteiger partial charge in [0, 0.05) is 10.4 Å². The molecule has 0 aliphatic carbocycles. The third kappa shape index (κ3) is 2.16. The van der Waals surface area contributed by atoms with Crippen LogP contribution in [0.5, 0.6) is 0 Å². The van der Waals surface area contributed by atoms with Crippen molar-refractivity contribution in [2.75, 3.05) is 13.1 Å². The first kappa shape index (κ1) is 9.42. The number of carbonyl (C=O) groups excluding carboxylic acids is 1. The topological polar surface area (TPSA) is 29.1 Å². The van der Waals surface area contributed by atoms with Gasteiger partial charge in [-0.3, -0.25) is 4.79 Å². The van der Waals surface area contributed by atoms with Crippen molar-refractivity contribution in [3.8, 4) is 0 Å². The summed E-state index contributed by atoms with van der Waals surface area (Å²) in [6.07, 6.45) is 0. The highest BCUT2D eigenvalue weighted by Crippen LogP contribution is 2.14. The van der Waals surface area contributed by atoms with Crippen molar-refractivity contribution < 1.29 is 4.79 Å². The summed E-state index contributed by atoms with van der Waals surface area (Å²) in [5.41, 5.74) is 0.862. The van der Waals surface area contributed by atoms with Gasteiger partial charge >= 0.3 is 0 Å². The molecule has 2 nitrogen and oxygen atoms in total. The van der Waals surface area contributed by atoms with Crippen molar-refractivity contribution in [1.82, 2.24) is 5.32 Å². The maximum absolute atomic E-state index is 11.4. The minimum Gasteiger partial charge on any atom is -0.310 e. The van der Waals surface area contributed by atoms with Gasteiger partial charge in [0.2, 0.25) is 0 Å². The van der Waals surface area contributed by atoms with Crippen LogP contribution in [0, 0.1) is 6.92 Å². The lowest BCUT2D eigenvalue weighted by atomic mass is 10.2. The Bertz CT molecular complexity index is 267. The van der Waals surface area contributed by atoms with Crippen LogP contribution in [-0.2, 0) is 0 Å². The van der Waals surface area contributed by atoms with Crippen LogP contribution in [0.4, 0.5) is 0 Å². The van der Waals surface area contributed by atoms with Crippen molar-refractivity contribution >= 4 is 17.1 Å². The van der Waals surface area contributed by atoms with E-state index in [1.165, 1.54) is 0 Å². The maximum Gasteiger partial charge on any atom is 0.177 e. The largest absolute Gasteiger partial charge is 0.310 e. The fourth-order valence-corrected chi connectivity index (χ4v) is 1.73. The molecule has 1 N–H and O–H groups in total. The summed E-state index contributed by atoms with van der Waals surface area (Å²) in [5.74, 6) is 0.190. The number of ketones is 1. The molecule has 1 rings (SSSR count). The molecule has 0 spiro atoms. The summed E-state index contributed by atoms with van der Waals surface area (Å²) in [7, 11) is 0. The summed E-state index contributed by atoms with van der Waals surface area (Å²) in [6, 6.07) is 1.89. The Balaban J connectivity index is 2.59. The fraction of sp³-hybridized carbons (Fsp3) is 0.444. The van der Waals surface area contributed by atoms with Crippen molar-refractivity contribution in [2.45, 2.75) is 13.8 Å². The number of carbonyl (C=O) groups is 1. The van der Waals surface area contributed by atoms with E-state index >= 15 is 0 Å². The number of hydrogen-bond donors (Lipinski definition) is 1. The fourth-order valence-electron chi connectivity index (χ4n) is 1.01. The maximum atomic E-state index is 11.4. The minimum absolute atomic E-state index is 0.190. The first-order valence-corrected chi connectivity index (χ1v) is 4.91. The Morgan fingerprint density at radius 3 is 2.92 bits per heavy atom. The average molecular weight is 183 g/mol. The molecule has 0 saturated carbocycles. The quantitative estimate of drug-likeness (QED) is 0.722. The molecule has 0 radical (unpaired) electrons. The van der Waals surface area contributed by atoms with Gasteiger partial charge in [0.05, 0.1) is 6.54 Å². The highest BCUT2D eigenvalue weighted by atomic mass is 32.1. The van der Waals surface area contributed by atoms with Gasteiger partial charge in [0.1, 0.15) is 0 Å². The Hall–Kier alpha value is -0.670. The van der Waals surface area contributed by atoms with Crippen LogP contribution in [-0.4, -0.2) is 18.9 Å². The third-order valence-corrected chi connectivity index (χ3v) is 2.54. The van der Waals surface area contributed by atoms with Crippen molar-refractivity contribution in [1.29, 1.82) is 0 Å². The smallest absolute Gasteiger partial charge is 0.177 e. The van der Waals surface area contributed by atoms with E-state index in [1.807, 2.05) is 25.3 Å². The lowest BCUT2D eigenvalue weighted by Crippen LogP contribution is -2.22. The van der Waals surface area contributed by atoms with Gasteiger partial charge in [-0.05, 0) is 24.9 Å². The van der Waals surface area contributed by atoms with Crippen LogP contribution in [0.15, 0.2) is 11.4 Å². The number of nitrogens with one attached hydrogen (secondary N) is 1. The van der Waals surface area contributed by atoms with E-state index in [9.17, 15) is 4.79 Å². The molecule has 0 unspecified atom stereocenters. The molecular formula is C9H13NOS. The SMILES string of the molecule is CCNCC(=O)c1ccsc1C. The number of likely N-dealkylation sites (N-methyl/N-ethyl adjacent to an activating group) is 1. The summed E-state index contributed by atoms with van der Waals surface area (Å²) < 4.78 is 0. The molecular weight excluding hydrogens is 170 g/mol. The summed E-state index contributed by atoms with van der Waals surface area (Å²) in [4.78, 5) is 12.5. The van der Waals surface area contributed by atoms with Gasteiger partial charge in [-0.25, -0.2) is 0 Å². The number of rotatable bonds is 4. The van der Waals surface area contributed by atoms with Crippen LogP contribution < -0.4 is 5.32 Å². The van der Waals surface area contributed by atoms with Crippen molar-refractivity contribution in [3.63, 3.8) is 0 Å². The van der Waals surface area contributed by atoms with E-state index in [0.29, 0.717) is 6.54 Å². The highest BCUT2D eigenvalue weighted by Gasteiger charge is 2.08. The Morgan fingerprint density at radius 1 is 1.67 bits per heavy atom. The number of thiophene rings is 1. The minimum atomic E-state index is 0.190. The molecule has 0 aromatic carbocycles. The molecule has 1 aromatic heterocycles. The second kappa shape index (κ2) is 4.38. The Labute approximate surface area is 76.6 Å². The van der Waals surface area contributed by atoms with Crippen LogP contribution in [0.25, 0.3) is 0 Å². The molecule has 1 heterocycles. The molecule has 0 amide bonds. The van der Waals surface area contributed by atoms with E-state index in [0.717, 1.165) is 17.0 Å². The standard InChI is InChI=1S/C9H13NOS/c1-3-10-6-9(11)8-4-5-12-7(8)2/h4-5,10H,3,6H2,1-2H3.